The van der Waals surface area contributed by atoms with Crippen LogP contribution in [0, 0.1) is 5.92 Å². The van der Waals surface area contributed by atoms with Crippen LogP contribution in [-0.2, 0) is 9.53 Å². The number of pyridine rings is 1. The molecule has 1 aromatic rings. The Kier molecular flexibility index (Phi) is 5.96. The van der Waals surface area contributed by atoms with Gasteiger partial charge in [-0.25, -0.2) is 9.78 Å². The van der Waals surface area contributed by atoms with E-state index in [1.165, 1.54) is 19.7 Å². The third-order valence-corrected chi connectivity index (χ3v) is 4.28. The number of nitrogens with one attached hydrogen (secondary N) is 1. The number of hydrogen-bond acceptors (Lipinski definition) is 5. The van der Waals surface area contributed by atoms with Gasteiger partial charge in [-0.15, -0.1) is 0 Å². The molecule has 2 rings (SSSR count). The first-order valence-electron chi connectivity index (χ1n) is 8.03. The minimum atomic E-state index is -0.860. The van der Waals surface area contributed by atoms with Crippen LogP contribution in [0.4, 0.5) is 0 Å². The van der Waals surface area contributed by atoms with E-state index in [1.807, 2.05) is 0 Å². The Labute approximate surface area is 136 Å². The second-order valence-corrected chi connectivity index (χ2v) is 5.98. The standard InChI is InChI=1S/C17H24N2O4/c1-11-7-4-5-9-14(11)19-15(20)12(2)23-17(21)13-8-6-10-18-16(13)22-3/h6,8,10-12,14H,4-5,7,9H2,1-3H3,(H,19,20). The quantitative estimate of drug-likeness (QED) is 0.843. The Balaban J connectivity index is 1.93. The third kappa shape index (κ3) is 4.43. The summed E-state index contributed by atoms with van der Waals surface area (Å²) in [6.45, 7) is 3.71. The molecule has 6 nitrogen and oxygen atoms in total. The monoisotopic (exact) mass is 320 g/mol. The molecule has 1 aromatic heterocycles. The summed E-state index contributed by atoms with van der Waals surface area (Å²) in [5.41, 5.74) is 0.209. The molecule has 0 spiro atoms. The topological polar surface area (TPSA) is 77.5 Å². The predicted octanol–water partition coefficient (Wildman–Crippen LogP) is 2.33. The van der Waals surface area contributed by atoms with Gasteiger partial charge in [0.25, 0.3) is 5.91 Å². The Hall–Kier alpha value is -2.11. The van der Waals surface area contributed by atoms with Crippen LogP contribution in [-0.4, -0.2) is 36.1 Å². The van der Waals surface area contributed by atoms with Crippen molar-refractivity contribution in [2.75, 3.05) is 7.11 Å². The second kappa shape index (κ2) is 7.94. The van der Waals surface area contributed by atoms with Gasteiger partial charge in [0.1, 0.15) is 5.56 Å². The van der Waals surface area contributed by atoms with Gasteiger partial charge < -0.3 is 14.8 Å². The van der Waals surface area contributed by atoms with Gasteiger partial charge in [-0.1, -0.05) is 19.8 Å². The van der Waals surface area contributed by atoms with Crippen molar-refractivity contribution in [1.82, 2.24) is 10.3 Å². The molecule has 0 bridgehead atoms. The van der Waals surface area contributed by atoms with Crippen molar-refractivity contribution in [2.24, 2.45) is 5.92 Å². The molecule has 1 fully saturated rings. The molecule has 1 N–H and O–H groups in total. The van der Waals surface area contributed by atoms with Gasteiger partial charge in [-0.3, -0.25) is 4.79 Å². The van der Waals surface area contributed by atoms with Gasteiger partial charge in [0.05, 0.1) is 7.11 Å². The molecule has 1 amide bonds. The lowest BCUT2D eigenvalue weighted by atomic mass is 9.86. The smallest absolute Gasteiger partial charge is 0.344 e. The Bertz CT molecular complexity index is 561. The number of ether oxygens (including phenoxy) is 2. The maximum Gasteiger partial charge on any atom is 0.344 e. The molecule has 1 saturated carbocycles. The molecule has 3 atom stereocenters. The van der Waals surface area contributed by atoms with Gasteiger partial charge in [0.15, 0.2) is 6.10 Å². The van der Waals surface area contributed by atoms with Gasteiger partial charge in [0.2, 0.25) is 5.88 Å². The van der Waals surface area contributed by atoms with Crippen LogP contribution >= 0.6 is 0 Å². The highest BCUT2D eigenvalue weighted by Crippen LogP contribution is 2.24. The fourth-order valence-corrected chi connectivity index (χ4v) is 2.82. The van der Waals surface area contributed by atoms with Gasteiger partial charge in [0, 0.05) is 12.2 Å². The zero-order chi connectivity index (χ0) is 16.8. The number of rotatable bonds is 5. The molecule has 6 heteroatoms. The SMILES string of the molecule is COc1ncccc1C(=O)OC(C)C(=O)NC1CCCCC1C. The Morgan fingerprint density at radius 1 is 1.35 bits per heavy atom. The zero-order valence-electron chi connectivity index (χ0n) is 13.9. The number of amides is 1. The van der Waals surface area contributed by atoms with Crippen LogP contribution in [0.25, 0.3) is 0 Å². The maximum absolute atomic E-state index is 12.2. The average Bonchev–Trinajstić information content (AvgIpc) is 2.56. The average molecular weight is 320 g/mol. The number of esters is 1. The molecule has 3 unspecified atom stereocenters. The highest BCUT2D eigenvalue weighted by Gasteiger charge is 2.27. The number of aromatic nitrogens is 1. The molecule has 1 aliphatic rings. The Morgan fingerprint density at radius 2 is 2.09 bits per heavy atom. The van der Waals surface area contributed by atoms with Crippen molar-refractivity contribution in [2.45, 2.75) is 51.7 Å². The van der Waals surface area contributed by atoms with E-state index < -0.39 is 12.1 Å². The van der Waals surface area contributed by atoms with Gasteiger partial charge in [-0.2, -0.15) is 0 Å². The van der Waals surface area contributed by atoms with Crippen molar-refractivity contribution in [1.29, 1.82) is 0 Å². The number of methoxy groups -OCH3 is 1. The van der Waals surface area contributed by atoms with Crippen LogP contribution in [0.1, 0.15) is 49.9 Å². The molecular formula is C17H24N2O4. The number of carbonyl (C=O) groups is 2. The van der Waals surface area contributed by atoms with Crippen LogP contribution in [0.2, 0.25) is 0 Å². The van der Waals surface area contributed by atoms with E-state index in [1.54, 1.807) is 19.1 Å². The van der Waals surface area contributed by atoms with Crippen LogP contribution < -0.4 is 10.1 Å². The summed E-state index contributed by atoms with van der Waals surface area (Å²) in [4.78, 5) is 28.4. The first-order chi connectivity index (χ1) is 11.0. The van der Waals surface area contributed by atoms with Crippen LogP contribution in [0.15, 0.2) is 18.3 Å². The predicted molar refractivity (Wildman–Crippen MR) is 85.2 cm³/mol. The van der Waals surface area contributed by atoms with Gasteiger partial charge in [-0.05, 0) is 37.8 Å². The van der Waals surface area contributed by atoms with E-state index in [0.717, 1.165) is 19.3 Å². The van der Waals surface area contributed by atoms with Crippen molar-refractivity contribution >= 4 is 11.9 Å². The lowest BCUT2D eigenvalue weighted by Gasteiger charge is -2.30. The fourth-order valence-electron chi connectivity index (χ4n) is 2.82. The first-order valence-corrected chi connectivity index (χ1v) is 8.03. The van der Waals surface area contributed by atoms with E-state index in [9.17, 15) is 9.59 Å². The highest BCUT2D eigenvalue weighted by atomic mass is 16.5. The van der Waals surface area contributed by atoms with E-state index in [4.69, 9.17) is 9.47 Å². The Morgan fingerprint density at radius 3 is 2.78 bits per heavy atom. The number of nitrogens with zero attached hydrogens (tertiary/aromatic N) is 1. The lowest BCUT2D eigenvalue weighted by molar-refractivity contribution is -0.130. The highest BCUT2D eigenvalue weighted by molar-refractivity contribution is 5.94. The molecule has 23 heavy (non-hydrogen) atoms. The van der Waals surface area contributed by atoms with Crippen LogP contribution in [0.5, 0.6) is 5.88 Å². The molecule has 0 aliphatic heterocycles. The maximum atomic E-state index is 12.2. The van der Waals surface area contributed by atoms with Crippen molar-refractivity contribution < 1.29 is 19.1 Å². The number of carbonyl (C=O) groups excluding carboxylic acids is 2. The molecule has 0 saturated heterocycles. The minimum Gasteiger partial charge on any atom is -0.480 e. The van der Waals surface area contributed by atoms with E-state index in [2.05, 4.69) is 17.2 Å². The molecule has 1 aliphatic carbocycles. The molecule has 0 radical (unpaired) electrons. The summed E-state index contributed by atoms with van der Waals surface area (Å²) in [6, 6.07) is 3.33. The fraction of sp³-hybridized carbons (Fsp3) is 0.588. The molecule has 0 aromatic carbocycles. The van der Waals surface area contributed by atoms with E-state index >= 15 is 0 Å². The number of hydrogen-bond donors (Lipinski definition) is 1. The molecule has 126 valence electrons. The van der Waals surface area contributed by atoms with Crippen molar-refractivity contribution in [3.8, 4) is 5.88 Å². The molecular weight excluding hydrogens is 296 g/mol. The summed E-state index contributed by atoms with van der Waals surface area (Å²) in [5.74, 6) is -0.241. The normalized spacial score (nSPS) is 22.0. The van der Waals surface area contributed by atoms with E-state index in [-0.39, 0.29) is 23.4 Å². The lowest BCUT2D eigenvalue weighted by Crippen LogP contribution is -2.46. The zero-order valence-corrected chi connectivity index (χ0v) is 13.9. The second-order valence-electron chi connectivity index (χ2n) is 5.98. The summed E-state index contributed by atoms with van der Waals surface area (Å²) >= 11 is 0. The van der Waals surface area contributed by atoms with Gasteiger partial charge >= 0.3 is 5.97 Å². The summed E-state index contributed by atoms with van der Waals surface area (Å²) in [7, 11) is 1.43. The summed E-state index contributed by atoms with van der Waals surface area (Å²) in [6.07, 6.45) is 5.09. The van der Waals surface area contributed by atoms with E-state index in [0.29, 0.717) is 5.92 Å². The minimum absolute atomic E-state index is 0.158. The van der Waals surface area contributed by atoms with Crippen molar-refractivity contribution in [3.05, 3.63) is 23.9 Å². The van der Waals surface area contributed by atoms with Crippen LogP contribution in [0.3, 0.4) is 0 Å². The molecule has 1 heterocycles. The first kappa shape index (κ1) is 17.2. The third-order valence-electron chi connectivity index (χ3n) is 4.28. The summed E-state index contributed by atoms with van der Waals surface area (Å²) in [5, 5.41) is 2.99. The summed E-state index contributed by atoms with van der Waals surface area (Å²) < 4.78 is 10.3. The van der Waals surface area contributed by atoms with Crippen molar-refractivity contribution in [3.63, 3.8) is 0 Å². The largest absolute Gasteiger partial charge is 0.480 e.